The molecule has 0 amide bonds. The SMILES string of the molecule is c1ccc2c(c1)Oc1cc(-c3ccc(-n4c5ccccc5c5ccccc54)cc3)cc3c4ccccc4n-2c13. The van der Waals surface area contributed by atoms with Crippen LogP contribution in [0.5, 0.6) is 11.5 Å². The molecule has 0 saturated carbocycles. The highest BCUT2D eigenvalue weighted by atomic mass is 16.5. The number of hydrogen-bond donors (Lipinski definition) is 0. The van der Waals surface area contributed by atoms with Gasteiger partial charge in [-0.15, -0.1) is 0 Å². The van der Waals surface area contributed by atoms with Crippen LogP contribution in [0.25, 0.3) is 66.1 Å². The molecule has 0 radical (unpaired) electrons. The first-order chi connectivity index (χ1) is 19.3. The first-order valence-corrected chi connectivity index (χ1v) is 13.3. The lowest BCUT2D eigenvalue weighted by molar-refractivity contribution is 0.476. The average Bonchev–Trinajstić information content (AvgIpc) is 3.52. The first kappa shape index (κ1) is 20.7. The van der Waals surface area contributed by atoms with E-state index in [1.165, 1.54) is 38.1 Å². The summed E-state index contributed by atoms with van der Waals surface area (Å²) in [5.74, 6) is 1.77. The van der Waals surface area contributed by atoms with Gasteiger partial charge in [0.1, 0.15) is 0 Å². The first-order valence-electron chi connectivity index (χ1n) is 13.3. The van der Waals surface area contributed by atoms with Crippen LogP contribution in [0.2, 0.25) is 0 Å². The zero-order valence-corrected chi connectivity index (χ0v) is 21.0. The third kappa shape index (κ3) is 2.82. The van der Waals surface area contributed by atoms with Crippen molar-refractivity contribution in [1.82, 2.24) is 9.13 Å². The number of para-hydroxylation sites is 5. The van der Waals surface area contributed by atoms with Gasteiger partial charge in [0.15, 0.2) is 11.5 Å². The fraction of sp³-hybridized carbons (Fsp3) is 0. The Morgan fingerprint density at radius 2 is 0.974 bits per heavy atom. The van der Waals surface area contributed by atoms with E-state index in [9.17, 15) is 0 Å². The van der Waals surface area contributed by atoms with Gasteiger partial charge in [-0.2, -0.15) is 0 Å². The van der Waals surface area contributed by atoms with Gasteiger partial charge in [-0.1, -0.05) is 78.9 Å². The van der Waals surface area contributed by atoms with Crippen molar-refractivity contribution >= 4 is 43.6 Å². The Morgan fingerprint density at radius 1 is 0.410 bits per heavy atom. The van der Waals surface area contributed by atoms with E-state index in [0.717, 1.165) is 39.5 Å². The molecule has 9 rings (SSSR count). The smallest absolute Gasteiger partial charge is 0.152 e. The van der Waals surface area contributed by atoms with Gasteiger partial charge in [-0.05, 0) is 65.7 Å². The van der Waals surface area contributed by atoms with E-state index in [0.29, 0.717) is 0 Å². The maximum atomic E-state index is 6.50. The van der Waals surface area contributed by atoms with E-state index in [1.54, 1.807) is 0 Å². The third-order valence-corrected chi connectivity index (χ3v) is 8.10. The van der Waals surface area contributed by atoms with Gasteiger partial charge in [0, 0.05) is 27.2 Å². The van der Waals surface area contributed by atoms with Crippen molar-refractivity contribution in [1.29, 1.82) is 0 Å². The second kappa shape index (κ2) is 7.62. The monoisotopic (exact) mass is 498 g/mol. The summed E-state index contributed by atoms with van der Waals surface area (Å²) in [5.41, 5.74) is 9.31. The average molecular weight is 499 g/mol. The lowest BCUT2D eigenvalue weighted by Crippen LogP contribution is -2.03. The van der Waals surface area contributed by atoms with E-state index < -0.39 is 0 Å². The molecular weight excluding hydrogens is 476 g/mol. The van der Waals surface area contributed by atoms with Crippen LogP contribution >= 0.6 is 0 Å². The number of ether oxygens (including phenoxy) is 1. The standard InChI is InChI=1S/C36H22N2O/c1-4-12-30-26(9-1)27-10-2-5-13-31(27)37(30)25-19-17-23(18-20-25)24-21-29-28-11-3-6-14-32(28)38-33-15-7-8-16-34(33)39-35(22-24)36(29)38/h1-22H. The van der Waals surface area contributed by atoms with Crippen LogP contribution in [-0.4, -0.2) is 9.13 Å². The highest BCUT2D eigenvalue weighted by Gasteiger charge is 2.24. The molecule has 8 aromatic rings. The maximum absolute atomic E-state index is 6.50. The van der Waals surface area contributed by atoms with Crippen LogP contribution in [-0.2, 0) is 0 Å². The summed E-state index contributed by atoms with van der Waals surface area (Å²) in [6.07, 6.45) is 0. The largest absolute Gasteiger partial charge is 0.453 e. The highest BCUT2D eigenvalue weighted by molar-refractivity contribution is 6.13. The molecule has 182 valence electrons. The van der Waals surface area contributed by atoms with Crippen LogP contribution in [0.1, 0.15) is 0 Å². The molecule has 0 fully saturated rings. The van der Waals surface area contributed by atoms with Gasteiger partial charge in [-0.3, -0.25) is 0 Å². The zero-order chi connectivity index (χ0) is 25.5. The van der Waals surface area contributed by atoms with E-state index in [2.05, 4.69) is 130 Å². The number of aromatic nitrogens is 2. The topological polar surface area (TPSA) is 19.1 Å². The molecule has 0 unspecified atom stereocenters. The molecule has 1 aliphatic heterocycles. The van der Waals surface area contributed by atoms with Crippen molar-refractivity contribution in [2.45, 2.75) is 0 Å². The number of rotatable bonds is 2. The Hall–Kier alpha value is -5.28. The zero-order valence-electron chi connectivity index (χ0n) is 21.0. The van der Waals surface area contributed by atoms with Crippen molar-refractivity contribution in [3.05, 3.63) is 133 Å². The minimum Gasteiger partial charge on any atom is -0.453 e. The van der Waals surface area contributed by atoms with Gasteiger partial charge < -0.3 is 13.9 Å². The Kier molecular flexibility index (Phi) is 4.05. The number of hydrogen-bond acceptors (Lipinski definition) is 1. The molecule has 6 aromatic carbocycles. The number of nitrogens with zero attached hydrogens (tertiary/aromatic N) is 2. The Morgan fingerprint density at radius 3 is 1.67 bits per heavy atom. The molecule has 0 aliphatic carbocycles. The lowest BCUT2D eigenvalue weighted by Gasteiger charge is -2.21. The van der Waals surface area contributed by atoms with Gasteiger partial charge in [0.2, 0.25) is 0 Å². The molecule has 0 spiro atoms. The van der Waals surface area contributed by atoms with Gasteiger partial charge in [0.25, 0.3) is 0 Å². The van der Waals surface area contributed by atoms with Crippen molar-refractivity contribution in [3.8, 4) is 34.0 Å². The van der Waals surface area contributed by atoms with Crippen molar-refractivity contribution in [2.75, 3.05) is 0 Å². The summed E-state index contributed by atoms with van der Waals surface area (Å²) in [6, 6.07) is 47.6. The summed E-state index contributed by atoms with van der Waals surface area (Å²) in [7, 11) is 0. The predicted octanol–water partition coefficient (Wildman–Crippen LogP) is 9.65. The molecule has 0 bridgehead atoms. The minimum absolute atomic E-state index is 0.881. The third-order valence-electron chi connectivity index (χ3n) is 8.10. The summed E-state index contributed by atoms with van der Waals surface area (Å²) in [4.78, 5) is 0. The number of benzene rings is 6. The van der Waals surface area contributed by atoms with Gasteiger partial charge in [-0.25, -0.2) is 0 Å². The van der Waals surface area contributed by atoms with Crippen LogP contribution < -0.4 is 4.74 Å². The van der Waals surface area contributed by atoms with Crippen LogP contribution in [0, 0.1) is 0 Å². The predicted molar refractivity (Wildman–Crippen MR) is 161 cm³/mol. The Bertz CT molecular complexity index is 2200. The fourth-order valence-corrected chi connectivity index (χ4v) is 6.41. The number of fused-ring (bicyclic) bond motifs is 8. The summed E-state index contributed by atoms with van der Waals surface area (Å²) in [6.45, 7) is 0. The molecular formula is C36H22N2O. The Labute approximate surface area is 224 Å². The fourth-order valence-electron chi connectivity index (χ4n) is 6.41. The van der Waals surface area contributed by atoms with E-state index >= 15 is 0 Å². The molecule has 0 saturated heterocycles. The molecule has 1 aliphatic rings. The maximum Gasteiger partial charge on any atom is 0.152 e. The lowest BCUT2D eigenvalue weighted by atomic mass is 10.0. The van der Waals surface area contributed by atoms with Crippen LogP contribution in [0.4, 0.5) is 0 Å². The summed E-state index contributed by atoms with van der Waals surface area (Å²) >= 11 is 0. The van der Waals surface area contributed by atoms with E-state index in [-0.39, 0.29) is 0 Å². The van der Waals surface area contributed by atoms with Crippen LogP contribution in [0.3, 0.4) is 0 Å². The summed E-state index contributed by atoms with van der Waals surface area (Å²) < 4.78 is 11.2. The molecule has 0 N–H and O–H groups in total. The Balaban J connectivity index is 1.24. The molecule has 3 heteroatoms. The molecule has 39 heavy (non-hydrogen) atoms. The van der Waals surface area contributed by atoms with Crippen molar-refractivity contribution < 1.29 is 4.74 Å². The highest BCUT2D eigenvalue weighted by Crippen LogP contribution is 2.47. The molecule has 0 atom stereocenters. The van der Waals surface area contributed by atoms with Crippen molar-refractivity contribution in [3.63, 3.8) is 0 Å². The minimum atomic E-state index is 0.881. The van der Waals surface area contributed by atoms with E-state index in [4.69, 9.17) is 4.74 Å². The molecule has 2 aromatic heterocycles. The quantitative estimate of drug-likeness (QED) is 0.232. The molecule has 3 nitrogen and oxygen atoms in total. The van der Waals surface area contributed by atoms with Gasteiger partial charge >= 0.3 is 0 Å². The van der Waals surface area contributed by atoms with Gasteiger partial charge in [0.05, 0.1) is 27.8 Å². The van der Waals surface area contributed by atoms with E-state index in [1.807, 2.05) is 12.1 Å². The normalized spacial score (nSPS) is 12.3. The second-order valence-corrected chi connectivity index (χ2v) is 10.2. The molecule has 3 heterocycles. The van der Waals surface area contributed by atoms with Crippen LogP contribution in [0.15, 0.2) is 133 Å². The summed E-state index contributed by atoms with van der Waals surface area (Å²) in [5, 5.41) is 4.99. The van der Waals surface area contributed by atoms with Crippen molar-refractivity contribution in [2.24, 2.45) is 0 Å². The second-order valence-electron chi connectivity index (χ2n) is 10.2.